The van der Waals surface area contributed by atoms with Gasteiger partial charge < -0.3 is 15.1 Å². The average molecular weight is 450 g/mol. The molecule has 1 aliphatic rings. The minimum atomic E-state index is -0.270. The van der Waals surface area contributed by atoms with E-state index in [9.17, 15) is 14.0 Å². The van der Waals surface area contributed by atoms with Gasteiger partial charge in [0.05, 0.1) is 19.4 Å². The molecule has 0 saturated heterocycles. The van der Waals surface area contributed by atoms with Crippen LogP contribution in [-0.4, -0.2) is 35.8 Å². The Kier molecular flexibility index (Phi) is 7.52. The standard InChI is InChI=1S/C26H28FN3O3/c27-22-9-5-19(6-10-22)13-14-28-25(31)18-30(17-24-2-1-15-33-24)16-20-3-7-21(8-4-20)26(32)29-23-11-12-23/h1-10,15,23H,11-14,16-18H2,(H,28,31)(H,29,32). The lowest BCUT2D eigenvalue weighted by atomic mass is 10.1. The molecule has 1 fully saturated rings. The van der Waals surface area contributed by atoms with Crippen LogP contribution < -0.4 is 10.6 Å². The van der Waals surface area contributed by atoms with Crippen molar-refractivity contribution < 1.29 is 18.4 Å². The van der Waals surface area contributed by atoms with E-state index in [0.717, 1.165) is 29.7 Å². The topological polar surface area (TPSA) is 74.6 Å². The second-order valence-corrected chi connectivity index (χ2v) is 8.40. The van der Waals surface area contributed by atoms with Crippen molar-refractivity contribution in [3.05, 3.63) is 95.2 Å². The minimum Gasteiger partial charge on any atom is -0.468 e. The van der Waals surface area contributed by atoms with Crippen LogP contribution in [0, 0.1) is 5.82 Å². The highest BCUT2D eigenvalue weighted by Crippen LogP contribution is 2.19. The number of amides is 2. The molecule has 3 aromatic rings. The van der Waals surface area contributed by atoms with Gasteiger partial charge in [-0.3, -0.25) is 14.5 Å². The summed E-state index contributed by atoms with van der Waals surface area (Å²) in [5, 5.41) is 5.92. The van der Waals surface area contributed by atoms with Gasteiger partial charge >= 0.3 is 0 Å². The smallest absolute Gasteiger partial charge is 0.251 e. The molecule has 0 atom stereocenters. The molecule has 6 nitrogen and oxygen atoms in total. The van der Waals surface area contributed by atoms with Crippen LogP contribution in [0.4, 0.5) is 4.39 Å². The first-order valence-electron chi connectivity index (χ1n) is 11.2. The summed E-state index contributed by atoms with van der Waals surface area (Å²) in [6, 6.07) is 17.8. The molecule has 0 bridgehead atoms. The van der Waals surface area contributed by atoms with E-state index in [1.165, 1.54) is 12.1 Å². The Bertz CT molecular complexity index is 1050. The number of benzene rings is 2. The summed E-state index contributed by atoms with van der Waals surface area (Å²) in [7, 11) is 0. The lowest BCUT2D eigenvalue weighted by Crippen LogP contribution is -2.37. The Hall–Kier alpha value is -3.45. The number of halogens is 1. The molecule has 2 N–H and O–H groups in total. The third-order valence-electron chi connectivity index (χ3n) is 5.51. The summed E-state index contributed by atoms with van der Waals surface area (Å²) in [6.45, 7) is 1.71. The van der Waals surface area contributed by atoms with Gasteiger partial charge in [-0.2, -0.15) is 0 Å². The average Bonchev–Trinajstić information content (AvgIpc) is 3.47. The third-order valence-corrected chi connectivity index (χ3v) is 5.51. The molecule has 0 unspecified atom stereocenters. The lowest BCUT2D eigenvalue weighted by molar-refractivity contribution is -0.122. The Morgan fingerprint density at radius 1 is 0.970 bits per heavy atom. The van der Waals surface area contributed by atoms with Crippen molar-refractivity contribution in [2.45, 2.75) is 38.4 Å². The van der Waals surface area contributed by atoms with Crippen LogP contribution in [0.5, 0.6) is 0 Å². The van der Waals surface area contributed by atoms with Gasteiger partial charge in [-0.05, 0) is 66.8 Å². The number of carbonyl (C=O) groups excluding carboxylic acids is 2. The number of rotatable bonds is 11. The molecule has 1 aromatic heterocycles. The zero-order chi connectivity index (χ0) is 23.0. The lowest BCUT2D eigenvalue weighted by Gasteiger charge is -2.21. The fourth-order valence-electron chi connectivity index (χ4n) is 3.56. The van der Waals surface area contributed by atoms with Crippen LogP contribution in [-0.2, 0) is 24.3 Å². The molecule has 2 amide bonds. The maximum atomic E-state index is 13.0. The van der Waals surface area contributed by atoms with E-state index in [2.05, 4.69) is 10.6 Å². The van der Waals surface area contributed by atoms with Crippen molar-refractivity contribution in [2.24, 2.45) is 0 Å². The van der Waals surface area contributed by atoms with Crippen LogP contribution >= 0.6 is 0 Å². The zero-order valence-corrected chi connectivity index (χ0v) is 18.4. The van der Waals surface area contributed by atoms with E-state index in [4.69, 9.17) is 4.42 Å². The molecule has 7 heteroatoms. The molecular formula is C26H28FN3O3. The molecule has 0 radical (unpaired) electrons. The summed E-state index contributed by atoms with van der Waals surface area (Å²) in [4.78, 5) is 26.8. The molecule has 4 rings (SSSR count). The van der Waals surface area contributed by atoms with E-state index in [1.54, 1.807) is 18.4 Å². The van der Waals surface area contributed by atoms with Gasteiger partial charge in [0.25, 0.3) is 5.91 Å². The van der Waals surface area contributed by atoms with Gasteiger partial charge in [-0.25, -0.2) is 4.39 Å². The largest absolute Gasteiger partial charge is 0.468 e. The summed E-state index contributed by atoms with van der Waals surface area (Å²) >= 11 is 0. The minimum absolute atomic E-state index is 0.0444. The second-order valence-electron chi connectivity index (χ2n) is 8.40. The van der Waals surface area contributed by atoms with Crippen molar-refractivity contribution in [1.82, 2.24) is 15.5 Å². The Labute approximate surface area is 192 Å². The monoisotopic (exact) mass is 449 g/mol. The predicted molar refractivity (Wildman–Crippen MR) is 123 cm³/mol. The maximum Gasteiger partial charge on any atom is 0.251 e. The number of carbonyl (C=O) groups is 2. The summed E-state index contributed by atoms with van der Waals surface area (Å²) in [5.41, 5.74) is 2.61. The van der Waals surface area contributed by atoms with Crippen LogP contribution in [0.3, 0.4) is 0 Å². The second kappa shape index (κ2) is 10.9. The molecule has 172 valence electrons. The quantitative estimate of drug-likeness (QED) is 0.468. The van der Waals surface area contributed by atoms with Crippen LogP contribution in [0.2, 0.25) is 0 Å². The fraction of sp³-hybridized carbons (Fsp3) is 0.308. The summed E-state index contributed by atoms with van der Waals surface area (Å²) < 4.78 is 18.5. The third kappa shape index (κ3) is 7.29. The SMILES string of the molecule is O=C(CN(Cc1ccc(C(=O)NC2CC2)cc1)Cc1ccco1)NCCc1ccc(F)cc1. The molecule has 0 aliphatic heterocycles. The number of nitrogens with one attached hydrogen (secondary N) is 2. The van der Waals surface area contributed by atoms with Crippen molar-refractivity contribution >= 4 is 11.8 Å². The first-order chi connectivity index (χ1) is 16.0. The van der Waals surface area contributed by atoms with E-state index < -0.39 is 0 Å². The molecule has 33 heavy (non-hydrogen) atoms. The van der Waals surface area contributed by atoms with Crippen LogP contribution in [0.25, 0.3) is 0 Å². The highest BCUT2D eigenvalue weighted by atomic mass is 19.1. The number of hydrogen-bond acceptors (Lipinski definition) is 4. The predicted octanol–water partition coefficient (Wildman–Crippen LogP) is 3.67. The van der Waals surface area contributed by atoms with Gasteiger partial charge in [0.1, 0.15) is 11.6 Å². The van der Waals surface area contributed by atoms with E-state index in [-0.39, 0.29) is 24.2 Å². The normalized spacial score (nSPS) is 13.2. The summed E-state index contributed by atoms with van der Waals surface area (Å²) in [5.74, 6) is 0.364. The molecule has 2 aromatic carbocycles. The molecule has 1 saturated carbocycles. The van der Waals surface area contributed by atoms with Gasteiger partial charge in [-0.1, -0.05) is 24.3 Å². The highest BCUT2D eigenvalue weighted by molar-refractivity contribution is 5.94. The number of furan rings is 1. The molecule has 1 aliphatic carbocycles. The zero-order valence-electron chi connectivity index (χ0n) is 18.4. The van der Waals surface area contributed by atoms with Crippen molar-refractivity contribution in [3.63, 3.8) is 0 Å². The van der Waals surface area contributed by atoms with E-state index >= 15 is 0 Å². The first-order valence-corrected chi connectivity index (χ1v) is 11.2. The number of nitrogens with zero attached hydrogens (tertiary/aromatic N) is 1. The van der Waals surface area contributed by atoms with E-state index in [0.29, 0.717) is 37.7 Å². The van der Waals surface area contributed by atoms with Crippen LogP contribution in [0.15, 0.2) is 71.3 Å². The molecular weight excluding hydrogens is 421 g/mol. The first kappa shape index (κ1) is 22.7. The highest BCUT2D eigenvalue weighted by Gasteiger charge is 2.23. The summed E-state index contributed by atoms with van der Waals surface area (Å²) in [6.07, 6.45) is 4.35. The van der Waals surface area contributed by atoms with Crippen molar-refractivity contribution in [2.75, 3.05) is 13.1 Å². The van der Waals surface area contributed by atoms with Crippen molar-refractivity contribution in [1.29, 1.82) is 0 Å². The van der Waals surface area contributed by atoms with Gasteiger partial charge in [0.15, 0.2) is 0 Å². The van der Waals surface area contributed by atoms with Crippen LogP contribution in [0.1, 0.15) is 40.1 Å². The molecule has 0 spiro atoms. The Balaban J connectivity index is 1.31. The van der Waals surface area contributed by atoms with E-state index in [1.807, 2.05) is 41.3 Å². The van der Waals surface area contributed by atoms with Crippen molar-refractivity contribution in [3.8, 4) is 0 Å². The Morgan fingerprint density at radius 3 is 2.36 bits per heavy atom. The van der Waals surface area contributed by atoms with Gasteiger partial charge in [0, 0.05) is 24.7 Å². The van der Waals surface area contributed by atoms with Gasteiger partial charge in [-0.15, -0.1) is 0 Å². The number of hydrogen-bond donors (Lipinski definition) is 2. The fourth-order valence-corrected chi connectivity index (χ4v) is 3.56. The van der Waals surface area contributed by atoms with Gasteiger partial charge in [0.2, 0.25) is 5.91 Å². The Morgan fingerprint density at radius 2 is 1.70 bits per heavy atom. The maximum absolute atomic E-state index is 13.0. The molecule has 1 heterocycles.